The van der Waals surface area contributed by atoms with E-state index in [0.717, 1.165) is 24.9 Å². The summed E-state index contributed by atoms with van der Waals surface area (Å²) in [6.45, 7) is 0.652. The molecule has 0 bridgehead atoms. The highest BCUT2D eigenvalue weighted by Crippen LogP contribution is 2.42. The van der Waals surface area contributed by atoms with Crippen molar-refractivity contribution >= 4 is 5.91 Å². The standard InChI is InChI=1S/C17H21N5O3/c1-25-17-7-6-14(23)10-15(17)21(9-8-17)16(24)12-2-4-13(5-3-12)22-11-18-19-20-22/h2-5,11,14-15,23H,6-10H2,1H3/t14-,15-,17+/m0/s1. The molecule has 1 aromatic carbocycles. The second-order valence-electron chi connectivity index (χ2n) is 6.76. The molecule has 0 radical (unpaired) electrons. The number of carbonyl (C=O) groups excluding carboxylic acids is 1. The molecule has 2 fully saturated rings. The lowest BCUT2D eigenvalue weighted by Gasteiger charge is -2.42. The van der Waals surface area contributed by atoms with Crippen molar-refractivity contribution in [2.45, 2.75) is 43.4 Å². The van der Waals surface area contributed by atoms with Gasteiger partial charge in [0.05, 0.1) is 23.4 Å². The van der Waals surface area contributed by atoms with Crippen molar-refractivity contribution < 1.29 is 14.6 Å². The van der Waals surface area contributed by atoms with Gasteiger partial charge in [0, 0.05) is 19.2 Å². The highest BCUT2D eigenvalue weighted by molar-refractivity contribution is 5.95. The van der Waals surface area contributed by atoms with Crippen molar-refractivity contribution in [1.29, 1.82) is 0 Å². The fourth-order valence-electron chi connectivity index (χ4n) is 4.12. The zero-order chi connectivity index (χ0) is 17.4. The van der Waals surface area contributed by atoms with Crippen LogP contribution in [0.25, 0.3) is 5.69 Å². The van der Waals surface area contributed by atoms with Gasteiger partial charge in [0.25, 0.3) is 5.91 Å². The first-order valence-corrected chi connectivity index (χ1v) is 8.50. The molecule has 2 heterocycles. The first-order valence-electron chi connectivity index (χ1n) is 8.50. The number of hydrogen-bond donors (Lipinski definition) is 1. The maximum absolute atomic E-state index is 13.0. The Labute approximate surface area is 145 Å². The van der Waals surface area contributed by atoms with Gasteiger partial charge in [0.15, 0.2) is 0 Å². The SMILES string of the molecule is CO[C@@]12CC[C@H](O)C[C@@H]1N(C(=O)c1ccc(-n3cnnn3)cc1)CC2. The van der Waals surface area contributed by atoms with Gasteiger partial charge in [-0.15, -0.1) is 5.10 Å². The van der Waals surface area contributed by atoms with Gasteiger partial charge in [0.2, 0.25) is 0 Å². The van der Waals surface area contributed by atoms with E-state index in [9.17, 15) is 9.90 Å². The van der Waals surface area contributed by atoms with Crippen LogP contribution in [-0.2, 0) is 4.74 Å². The number of rotatable bonds is 3. The molecule has 1 aromatic heterocycles. The molecule has 1 N–H and O–H groups in total. The van der Waals surface area contributed by atoms with Crippen LogP contribution in [0.3, 0.4) is 0 Å². The Hall–Kier alpha value is -2.32. The summed E-state index contributed by atoms with van der Waals surface area (Å²) in [5.74, 6) is -0.0266. The number of amides is 1. The highest BCUT2D eigenvalue weighted by atomic mass is 16.5. The zero-order valence-electron chi connectivity index (χ0n) is 14.1. The number of methoxy groups -OCH3 is 1. The van der Waals surface area contributed by atoms with Crippen LogP contribution in [0.4, 0.5) is 0 Å². The van der Waals surface area contributed by atoms with Crippen LogP contribution < -0.4 is 0 Å². The van der Waals surface area contributed by atoms with E-state index in [1.165, 1.54) is 11.0 Å². The largest absolute Gasteiger partial charge is 0.393 e. The fraction of sp³-hybridized carbons (Fsp3) is 0.529. The Morgan fingerprint density at radius 1 is 1.32 bits per heavy atom. The molecule has 1 saturated carbocycles. The molecule has 1 aliphatic heterocycles. The van der Waals surface area contributed by atoms with Crippen molar-refractivity contribution in [3.05, 3.63) is 36.2 Å². The van der Waals surface area contributed by atoms with Crippen LogP contribution in [0.1, 0.15) is 36.0 Å². The molecule has 0 spiro atoms. The van der Waals surface area contributed by atoms with Crippen LogP contribution in [0.5, 0.6) is 0 Å². The first-order chi connectivity index (χ1) is 12.1. The molecule has 132 valence electrons. The average molecular weight is 343 g/mol. The quantitative estimate of drug-likeness (QED) is 0.886. The van der Waals surface area contributed by atoms with Gasteiger partial charge < -0.3 is 14.7 Å². The Morgan fingerprint density at radius 2 is 2.12 bits per heavy atom. The highest BCUT2D eigenvalue weighted by Gasteiger charge is 2.52. The minimum atomic E-state index is -0.371. The molecule has 4 rings (SSSR count). The van der Waals surface area contributed by atoms with Gasteiger partial charge >= 0.3 is 0 Å². The Bertz CT molecular complexity index is 748. The van der Waals surface area contributed by atoms with Gasteiger partial charge in [-0.1, -0.05) is 0 Å². The number of benzene rings is 1. The van der Waals surface area contributed by atoms with Gasteiger partial charge in [-0.2, -0.15) is 0 Å². The zero-order valence-corrected chi connectivity index (χ0v) is 14.1. The van der Waals surface area contributed by atoms with E-state index in [2.05, 4.69) is 15.5 Å². The first kappa shape index (κ1) is 16.2. The molecule has 1 amide bonds. The molecule has 25 heavy (non-hydrogen) atoms. The summed E-state index contributed by atoms with van der Waals surface area (Å²) in [6.07, 6.45) is 4.04. The van der Waals surface area contributed by atoms with Crippen LogP contribution in [0.2, 0.25) is 0 Å². The monoisotopic (exact) mass is 343 g/mol. The lowest BCUT2D eigenvalue weighted by molar-refractivity contribution is -0.0824. The molecule has 1 saturated heterocycles. The lowest BCUT2D eigenvalue weighted by atomic mass is 9.79. The molecule has 2 aromatic rings. The maximum Gasteiger partial charge on any atom is 0.254 e. The number of fused-ring (bicyclic) bond motifs is 1. The van der Waals surface area contributed by atoms with Crippen LogP contribution in [-0.4, -0.2) is 67.5 Å². The Morgan fingerprint density at radius 3 is 2.80 bits per heavy atom. The molecule has 2 aliphatic rings. The smallest absolute Gasteiger partial charge is 0.254 e. The number of tetrazole rings is 1. The molecule has 8 nitrogen and oxygen atoms in total. The van der Waals surface area contributed by atoms with Crippen molar-refractivity contribution in [3.63, 3.8) is 0 Å². The molecule has 0 unspecified atom stereocenters. The normalized spacial score (nSPS) is 28.8. The topological polar surface area (TPSA) is 93.4 Å². The summed E-state index contributed by atoms with van der Waals surface area (Å²) in [5.41, 5.74) is 1.09. The number of carbonyl (C=O) groups is 1. The summed E-state index contributed by atoms with van der Waals surface area (Å²) >= 11 is 0. The van der Waals surface area contributed by atoms with Crippen molar-refractivity contribution in [2.75, 3.05) is 13.7 Å². The predicted molar refractivity (Wildman–Crippen MR) is 88.2 cm³/mol. The van der Waals surface area contributed by atoms with Gasteiger partial charge in [-0.3, -0.25) is 4.79 Å². The van der Waals surface area contributed by atoms with Crippen LogP contribution in [0, 0.1) is 0 Å². The van der Waals surface area contributed by atoms with E-state index in [1.54, 1.807) is 19.2 Å². The van der Waals surface area contributed by atoms with Crippen molar-refractivity contribution in [2.24, 2.45) is 0 Å². The molecule has 3 atom stereocenters. The van der Waals surface area contributed by atoms with Gasteiger partial charge in [-0.25, -0.2) is 4.68 Å². The third-order valence-corrected chi connectivity index (χ3v) is 5.55. The number of ether oxygens (including phenoxy) is 1. The second-order valence-corrected chi connectivity index (χ2v) is 6.76. The van der Waals surface area contributed by atoms with E-state index in [1.807, 2.05) is 17.0 Å². The molecule has 1 aliphatic carbocycles. The summed E-state index contributed by atoms with van der Waals surface area (Å²) in [6, 6.07) is 7.13. The maximum atomic E-state index is 13.0. The Balaban J connectivity index is 1.56. The van der Waals surface area contributed by atoms with Crippen molar-refractivity contribution in [1.82, 2.24) is 25.1 Å². The van der Waals surface area contributed by atoms with Gasteiger partial charge in [-0.05, 0) is 60.4 Å². The van der Waals surface area contributed by atoms with E-state index in [4.69, 9.17) is 4.74 Å². The third-order valence-electron chi connectivity index (χ3n) is 5.55. The van der Waals surface area contributed by atoms with E-state index in [0.29, 0.717) is 18.5 Å². The third kappa shape index (κ3) is 2.71. The lowest BCUT2D eigenvalue weighted by Crippen LogP contribution is -2.52. The minimum Gasteiger partial charge on any atom is -0.393 e. The second kappa shape index (κ2) is 6.20. The van der Waals surface area contributed by atoms with Crippen molar-refractivity contribution in [3.8, 4) is 5.69 Å². The molecule has 8 heteroatoms. The number of aliphatic hydroxyl groups excluding tert-OH is 1. The number of likely N-dealkylation sites (tertiary alicyclic amines) is 1. The van der Waals surface area contributed by atoms with E-state index in [-0.39, 0.29) is 23.7 Å². The minimum absolute atomic E-state index is 0.0266. The van der Waals surface area contributed by atoms with E-state index < -0.39 is 0 Å². The number of nitrogens with zero attached hydrogens (tertiary/aromatic N) is 5. The van der Waals surface area contributed by atoms with Crippen LogP contribution in [0.15, 0.2) is 30.6 Å². The summed E-state index contributed by atoms with van der Waals surface area (Å²) in [7, 11) is 1.71. The summed E-state index contributed by atoms with van der Waals surface area (Å²) < 4.78 is 7.34. The average Bonchev–Trinajstić information content (AvgIpc) is 3.30. The van der Waals surface area contributed by atoms with Crippen LogP contribution >= 0.6 is 0 Å². The Kier molecular flexibility index (Phi) is 4.01. The van der Waals surface area contributed by atoms with E-state index >= 15 is 0 Å². The summed E-state index contributed by atoms with van der Waals surface area (Å²) in [5, 5.41) is 21.1. The summed E-state index contributed by atoms with van der Waals surface area (Å²) in [4.78, 5) is 14.9. The number of aliphatic hydroxyl groups is 1. The van der Waals surface area contributed by atoms with Gasteiger partial charge in [0.1, 0.15) is 6.33 Å². The number of hydrogen-bond acceptors (Lipinski definition) is 6. The predicted octanol–water partition coefficient (Wildman–Crippen LogP) is 0.807. The molecular weight excluding hydrogens is 322 g/mol. The fourth-order valence-corrected chi connectivity index (χ4v) is 4.12. The number of aromatic nitrogens is 4. The molecular formula is C17H21N5O3.